The van der Waals surface area contributed by atoms with Crippen molar-refractivity contribution in [3.8, 4) is 0 Å². The second-order valence-electron chi connectivity index (χ2n) is 4.85. The van der Waals surface area contributed by atoms with Gasteiger partial charge < -0.3 is 5.11 Å². The number of nitrogens with zero attached hydrogens (tertiary/aromatic N) is 2. The molecule has 98 valence electrons. The normalized spacial score (nSPS) is 21.4. The van der Waals surface area contributed by atoms with Gasteiger partial charge >= 0.3 is 5.97 Å². The van der Waals surface area contributed by atoms with E-state index in [4.69, 9.17) is 0 Å². The van der Waals surface area contributed by atoms with E-state index in [0.717, 1.165) is 45.2 Å². The molecule has 4 heteroatoms. The molecule has 0 radical (unpaired) electrons. The molecule has 1 unspecified atom stereocenters. The molecule has 1 aromatic rings. The Kier molecular flexibility index (Phi) is 4.70. The van der Waals surface area contributed by atoms with Crippen LogP contribution in [0.15, 0.2) is 24.5 Å². The Bertz CT molecular complexity index is 381. The highest BCUT2D eigenvalue weighted by Gasteiger charge is 2.26. The average molecular weight is 248 g/mol. The zero-order valence-electron chi connectivity index (χ0n) is 10.6. The van der Waals surface area contributed by atoms with Crippen LogP contribution in [0.4, 0.5) is 0 Å². The van der Waals surface area contributed by atoms with Crippen molar-refractivity contribution in [3.05, 3.63) is 30.1 Å². The van der Waals surface area contributed by atoms with Crippen molar-refractivity contribution >= 4 is 5.97 Å². The van der Waals surface area contributed by atoms with Crippen LogP contribution in [0.25, 0.3) is 0 Å². The largest absolute Gasteiger partial charge is 0.480 e. The van der Waals surface area contributed by atoms with Crippen LogP contribution >= 0.6 is 0 Å². The number of aromatic nitrogens is 1. The van der Waals surface area contributed by atoms with E-state index in [2.05, 4.69) is 9.88 Å². The van der Waals surface area contributed by atoms with Crippen LogP contribution in [0, 0.1) is 0 Å². The molecule has 18 heavy (non-hydrogen) atoms. The van der Waals surface area contributed by atoms with Gasteiger partial charge in [-0.25, -0.2) is 0 Å². The Labute approximate surface area is 108 Å². The minimum absolute atomic E-state index is 0.302. The van der Waals surface area contributed by atoms with Crippen molar-refractivity contribution in [2.45, 2.75) is 38.1 Å². The molecule has 1 atom stereocenters. The summed E-state index contributed by atoms with van der Waals surface area (Å²) in [6, 6.07) is 3.66. The molecular formula is C14H20N2O2. The smallest absolute Gasteiger partial charge is 0.320 e. The van der Waals surface area contributed by atoms with Crippen molar-refractivity contribution in [3.63, 3.8) is 0 Å². The first kappa shape index (κ1) is 13.0. The van der Waals surface area contributed by atoms with Crippen molar-refractivity contribution in [2.24, 2.45) is 0 Å². The summed E-state index contributed by atoms with van der Waals surface area (Å²) in [6.07, 6.45) is 8.55. The molecule has 4 nitrogen and oxygen atoms in total. The van der Waals surface area contributed by atoms with Crippen LogP contribution in [-0.4, -0.2) is 40.1 Å². The summed E-state index contributed by atoms with van der Waals surface area (Å²) >= 11 is 0. The minimum Gasteiger partial charge on any atom is -0.480 e. The van der Waals surface area contributed by atoms with E-state index in [1.54, 1.807) is 6.20 Å². The first-order valence-corrected chi connectivity index (χ1v) is 6.63. The van der Waals surface area contributed by atoms with Crippen LogP contribution < -0.4 is 0 Å². The number of carboxylic acid groups (broad SMARTS) is 1. The molecule has 1 aliphatic rings. The maximum absolute atomic E-state index is 11.3. The molecule has 1 N–H and O–H groups in total. The summed E-state index contributed by atoms with van der Waals surface area (Å²) in [6.45, 7) is 1.71. The van der Waals surface area contributed by atoms with Gasteiger partial charge in [0, 0.05) is 18.9 Å². The molecule has 0 amide bonds. The number of aliphatic carboxylic acids is 1. The standard InChI is InChI=1S/C14H20N2O2/c17-14(18)13-6-2-1-3-9-16(13)10-7-12-5-4-8-15-11-12/h4-5,8,11,13H,1-3,6-7,9-10H2,(H,17,18). The van der Waals surface area contributed by atoms with Crippen LogP contribution in [0.5, 0.6) is 0 Å². The maximum Gasteiger partial charge on any atom is 0.320 e. The van der Waals surface area contributed by atoms with Gasteiger partial charge in [0.2, 0.25) is 0 Å². The van der Waals surface area contributed by atoms with Gasteiger partial charge in [-0.2, -0.15) is 0 Å². The summed E-state index contributed by atoms with van der Waals surface area (Å²) in [7, 11) is 0. The highest BCUT2D eigenvalue weighted by atomic mass is 16.4. The summed E-state index contributed by atoms with van der Waals surface area (Å²) < 4.78 is 0. The summed E-state index contributed by atoms with van der Waals surface area (Å²) in [5.41, 5.74) is 1.17. The Morgan fingerprint density at radius 1 is 1.44 bits per heavy atom. The fraction of sp³-hybridized carbons (Fsp3) is 0.571. The quantitative estimate of drug-likeness (QED) is 0.885. The Balaban J connectivity index is 1.94. The second-order valence-corrected chi connectivity index (χ2v) is 4.85. The third-order valence-corrected chi connectivity index (χ3v) is 3.56. The van der Waals surface area contributed by atoms with E-state index in [-0.39, 0.29) is 6.04 Å². The minimum atomic E-state index is -0.678. The fourth-order valence-electron chi connectivity index (χ4n) is 2.53. The topological polar surface area (TPSA) is 53.4 Å². The molecule has 0 spiro atoms. The summed E-state index contributed by atoms with van der Waals surface area (Å²) in [4.78, 5) is 17.5. The predicted molar refractivity (Wildman–Crippen MR) is 69.4 cm³/mol. The van der Waals surface area contributed by atoms with Gasteiger partial charge in [0.1, 0.15) is 6.04 Å². The molecular weight excluding hydrogens is 228 g/mol. The van der Waals surface area contributed by atoms with Crippen molar-refractivity contribution in [2.75, 3.05) is 13.1 Å². The number of hydrogen-bond acceptors (Lipinski definition) is 3. The third-order valence-electron chi connectivity index (χ3n) is 3.56. The Morgan fingerprint density at radius 3 is 3.06 bits per heavy atom. The van der Waals surface area contributed by atoms with Gasteiger partial charge in [-0.05, 0) is 37.4 Å². The number of carbonyl (C=O) groups is 1. The fourth-order valence-corrected chi connectivity index (χ4v) is 2.53. The van der Waals surface area contributed by atoms with E-state index in [1.165, 1.54) is 5.56 Å². The van der Waals surface area contributed by atoms with E-state index in [0.29, 0.717) is 0 Å². The van der Waals surface area contributed by atoms with Gasteiger partial charge in [0.05, 0.1) is 0 Å². The molecule has 0 aliphatic carbocycles. The van der Waals surface area contributed by atoms with E-state index in [9.17, 15) is 9.90 Å². The van der Waals surface area contributed by atoms with Crippen molar-refractivity contribution in [1.29, 1.82) is 0 Å². The van der Waals surface area contributed by atoms with Crippen LogP contribution in [0.1, 0.15) is 31.2 Å². The summed E-state index contributed by atoms with van der Waals surface area (Å²) in [5.74, 6) is -0.678. The van der Waals surface area contributed by atoms with Crippen LogP contribution in [-0.2, 0) is 11.2 Å². The number of rotatable bonds is 4. The molecule has 0 aromatic carbocycles. The molecule has 1 fully saturated rings. The number of likely N-dealkylation sites (tertiary alicyclic amines) is 1. The molecule has 2 rings (SSSR count). The summed E-state index contributed by atoms with van der Waals surface area (Å²) in [5, 5.41) is 9.28. The SMILES string of the molecule is O=C(O)C1CCCCCN1CCc1cccnc1. The van der Waals surface area contributed by atoms with E-state index < -0.39 is 5.97 Å². The van der Waals surface area contributed by atoms with Crippen LogP contribution in [0.2, 0.25) is 0 Å². The number of pyridine rings is 1. The number of carboxylic acids is 1. The Morgan fingerprint density at radius 2 is 2.33 bits per heavy atom. The maximum atomic E-state index is 11.3. The van der Waals surface area contributed by atoms with Gasteiger partial charge in [0.25, 0.3) is 0 Å². The lowest BCUT2D eigenvalue weighted by Crippen LogP contribution is -2.41. The lowest BCUT2D eigenvalue weighted by molar-refractivity contribution is -0.143. The molecule has 0 saturated carbocycles. The predicted octanol–water partition coefficient (Wildman–Crippen LogP) is 1.95. The molecule has 1 aromatic heterocycles. The van der Waals surface area contributed by atoms with E-state index in [1.807, 2.05) is 18.3 Å². The van der Waals surface area contributed by atoms with Crippen LogP contribution in [0.3, 0.4) is 0 Å². The zero-order valence-corrected chi connectivity index (χ0v) is 10.6. The highest BCUT2D eigenvalue weighted by Crippen LogP contribution is 2.17. The Hall–Kier alpha value is -1.42. The molecule has 1 saturated heterocycles. The van der Waals surface area contributed by atoms with Crippen molar-refractivity contribution < 1.29 is 9.90 Å². The van der Waals surface area contributed by atoms with Gasteiger partial charge in [-0.15, -0.1) is 0 Å². The zero-order chi connectivity index (χ0) is 12.8. The van der Waals surface area contributed by atoms with Gasteiger partial charge in [-0.1, -0.05) is 18.9 Å². The monoisotopic (exact) mass is 248 g/mol. The number of hydrogen-bond donors (Lipinski definition) is 1. The molecule has 0 bridgehead atoms. The molecule has 1 aliphatic heterocycles. The lowest BCUT2D eigenvalue weighted by Gasteiger charge is -2.26. The highest BCUT2D eigenvalue weighted by molar-refractivity contribution is 5.73. The second kappa shape index (κ2) is 6.50. The average Bonchev–Trinajstić information content (AvgIpc) is 2.63. The third kappa shape index (κ3) is 3.53. The van der Waals surface area contributed by atoms with E-state index >= 15 is 0 Å². The first-order chi connectivity index (χ1) is 8.77. The van der Waals surface area contributed by atoms with Gasteiger partial charge in [0.15, 0.2) is 0 Å². The van der Waals surface area contributed by atoms with Gasteiger partial charge in [-0.3, -0.25) is 14.7 Å². The first-order valence-electron chi connectivity index (χ1n) is 6.63. The molecule has 2 heterocycles. The lowest BCUT2D eigenvalue weighted by atomic mass is 10.1. The van der Waals surface area contributed by atoms with Crippen molar-refractivity contribution in [1.82, 2.24) is 9.88 Å².